The van der Waals surface area contributed by atoms with E-state index in [-0.39, 0.29) is 58.6 Å². The number of aryl methyl sites for hydroxylation is 1. The normalized spacial score (nSPS) is 27.9. The van der Waals surface area contributed by atoms with Crippen molar-refractivity contribution in [2.45, 2.75) is 87.6 Å². The summed E-state index contributed by atoms with van der Waals surface area (Å²) in [5, 5.41) is 113. The number of hydrogen-bond donors (Lipinski definition) is 12. The van der Waals surface area contributed by atoms with Crippen LogP contribution in [-0.2, 0) is 43.1 Å². The zero-order valence-electron chi connectivity index (χ0n) is 29.3. The molecule has 2 aliphatic rings. The van der Waals surface area contributed by atoms with Crippen LogP contribution in [0, 0.1) is 0 Å². The molecule has 0 unspecified atom stereocenters. The fourth-order valence-electron chi connectivity index (χ4n) is 6.47. The summed E-state index contributed by atoms with van der Waals surface area (Å²) in [7, 11) is 0. The van der Waals surface area contributed by atoms with Gasteiger partial charge in [0, 0.05) is 53.7 Å². The summed E-state index contributed by atoms with van der Waals surface area (Å²) in [6.45, 7) is 1.51. The van der Waals surface area contributed by atoms with Crippen molar-refractivity contribution >= 4 is 22.9 Å². The molecule has 2 aromatic carbocycles. The Morgan fingerprint density at radius 3 is 2.12 bits per heavy atom. The summed E-state index contributed by atoms with van der Waals surface area (Å²) in [6.07, 6.45) is -19.5. The van der Waals surface area contributed by atoms with Crippen molar-refractivity contribution in [3.05, 3.63) is 69.1 Å². The number of carboxylic acids is 1. The lowest BCUT2D eigenvalue weighted by Crippen LogP contribution is -2.63. The fourth-order valence-corrected chi connectivity index (χ4v) is 6.47. The number of aromatic hydroxyl groups is 3. The number of aliphatic hydroxyl groups excluding tert-OH is 7. The van der Waals surface area contributed by atoms with Crippen LogP contribution >= 0.6 is 0 Å². The van der Waals surface area contributed by atoms with Gasteiger partial charge in [-0.15, -0.1) is 0 Å². The van der Waals surface area contributed by atoms with Crippen molar-refractivity contribution in [2.75, 3.05) is 6.61 Å². The fraction of sp³-hybridized carbons (Fsp3) is 0.417. The Kier molecular flexibility index (Phi) is 11.6. The molecule has 20 heteroatoms. The number of carbonyl (C=O) groups excluding carboxylic acids is 1. The lowest BCUT2D eigenvalue weighted by Gasteiger charge is -2.41. The van der Waals surface area contributed by atoms with E-state index in [2.05, 4.69) is 4.98 Å². The second kappa shape index (κ2) is 16.1. The maximum Gasteiger partial charge on any atom is 0.340 e. The molecule has 0 saturated carbocycles. The second-order valence-corrected chi connectivity index (χ2v) is 13.3. The number of H-pyrrole nitrogens is 1. The van der Waals surface area contributed by atoms with Crippen LogP contribution in [0.3, 0.4) is 0 Å². The Morgan fingerprint density at radius 2 is 1.48 bits per heavy atom. The van der Waals surface area contributed by atoms with Gasteiger partial charge in [0.15, 0.2) is 29.1 Å². The number of nitrogens with one attached hydrogen (secondary N) is 1. The molecule has 2 aromatic heterocycles. The Hall–Kier alpha value is -5.29. The third-order valence-electron chi connectivity index (χ3n) is 9.55. The van der Waals surface area contributed by atoms with Crippen molar-refractivity contribution in [3.63, 3.8) is 0 Å². The van der Waals surface area contributed by atoms with Gasteiger partial charge in [0.1, 0.15) is 64.9 Å². The molecular weight excluding hydrogens is 750 g/mol. The number of aromatic nitrogens is 1. The lowest BCUT2D eigenvalue weighted by molar-refractivity contribution is -0.302. The Balaban J connectivity index is 1.38. The van der Waals surface area contributed by atoms with Gasteiger partial charge in [0.25, 0.3) is 0 Å². The second-order valence-electron chi connectivity index (χ2n) is 13.3. The summed E-state index contributed by atoms with van der Waals surface area (Å²) in [5.74, 6) is -5.56. The molecule has 6 rings (SSSR count). The van der Waals surface area contributed by atoms with Gasteiger partial charge in [-0.3, -0.25) is 4.79 Å². The molecule has 0 radical (unpaired) electrons. The molecule has 2 fully saturated rings. The topological polar surface area (TPSA) is 340 Å². The number of aliphatic carboxylic acids is 1. The van der Waals surface area contributed by atoms with Gasteiger partial charge in [-0.05, 0) is 36.6 Å². The number of carboxylic acid groups (broad SMARTS) is 1. The van der Waals surface area contributed by atoms with Crippen molar-refractivity contribution in [1.82, 2.24) is 4.98 Å². The van der Waals surface area contributed by atoms with Crippen LogP contribution in [0.2, 0.25) is 0 Å². The zero-order chi connectivity index (χ0) is 40.7. The minimum atomic E-state index is -2.23. The molecule has 0 bridgehead atoms. The molecule has 0 amide bonds. The molecule has 302 valence electrons. The van der Waals surface area contributed by atoms with E-state index in [1.165, 1.54) is 6.07 Å². The number of phenols is 3. The number of phenolic OH excluding ortho intramolecular Hbond substituents is 3. The maximum absolute atomic E-state index is 13.6. The molecule has 2 aliphatic heterocycles. The summed E-state index contributed by atoms with van der Waals surface area (Å²) in [5.41, 5.74) is 0.521. The van der Waals surface area contributed by atoms with Crippen molar-refractivity contribution in [3.8, 4) is 34.3 Å². The molecule has 56 heavy (non-hydrogen) atoms. The van der Waals surface area contributed by atoms with E-state index in [1.54, 1.807) is 12.3 Å². The van der Waals surface area contributed by atoms with Crippen LogP contribution in [0.25, 0.3) is 22.3 Å². The number of esters is 1. The van der Waals surface area contributed by atoms with Gasteiger partial charge in [-0.25, -0.2) is 9.59 Å². The molecule has 20 nitrogen and oxygen atoms in total. The number of hydrogen-bond acceptors (Lipinski definition) is 18. The van der Waals surface area contributed by atoms with Crippen LogP contribution in [0.4, 0.5) is 0 Å². The number of carbonyl (C=O) groups is 2. The van der Waals surface area contributed by atoms with Crippen LogP contribution in [0.5, 0.6) is 23.0 Å². The van der Waals surface area contributed by atoms with Gasteiger partial charge >= 0.3 is 11.9 Å². The number of rotatable bonds is 11. The lowest BCUT2D eigenvalue weighted by atomic mass is 9.97. The van der Waals surface area contributed by atoms with Gasteiger partial charge in [-0.1, -0.05) is 6.92 Å². The van der Waals surface area contributed by atoms with Crippen LogP contribution < -0.4 is 10.2 Å². The van der Waals surface area contributed by atoms with Crippen molar-refractivity contribution in [1.29, 1.82) is 0 Å². The standard InChI is InChI=1S/C36H39NO19/c1-2-15-5-12(11-37-15)6-16-20(10-21-22(24(16)42)17(39)9-19(52-21)14-7-13(3-4-38)23(41)18(40)8-14)53-35-29(47)26(44)28(46)32(55-35)34(51)56-36-30(48)25(43)27(45)31(54-36)33(49)50/h5,7-11,25-32,35-38,40-48H,2-4,6H2,1H3,(H,49,50)/t25-,26-,27-,28-,29+,30+,31-,32-,35-,36+/m0/s1. The monoisotopic (exact) mass is 789 g/mol. The van der Waals surface area contributed by atoms with E-state index in [1.807, 2.05) is 6.92 Å². The average molecular weight is 790 g/mol. The summed E-state index contributed by atoms with van der Waals surface area (Å²) in [4.78, 5) is 41.4. The first kappa shape index (κ1) is 40.4. The van der Waals surface area contributed by atoms with E-state index in [4.69, 9.17) is 23.4 Å². The summed E-state index contributed by atoms with van der Waals surface area (Å²) >= 11 is 0. The number of aromatic amines is 1. The van der Waals surface area contributed by atoms with Gasteiger partial charge < -0.3 is 84.5 Å². The highest BCUT2D eigenvalue weighted by Gasteiger charge is 2.52. The third-order valence-corrected chi connectivity index (χ3v) is 9.55. The predicted molar refractivity (Wildman–Crippen MR) is 184 cm³/mol. The van der Waals surface area contributed by atoms with E-state index >= 15 is 0 Å². The Bertz CT molecular complexity index is 2160. The van der Waals surface area contributed by atoms with Crippen molar-refractivity contribution < 1.29 is 89.1 Å². The van der Waals surface area contributed by atoms with E-state index in [0.29, 0.717) is 12.0 Å². The van der Waals surface area contributed by atoms with E-state index in [0.717, 1.165) is 23.9 Å². The average Bonchev–Trinajstić information content (AvgIpc) is 3.62. The highest BCUT2D eigenvalue weighted by atomic mass is 16.7. The van der Waals surface area contributed by atoms with E-state index < -0.39 is 96.0 Å². The largest absolute Gasteiger partial charge is 0.507 e. The SMILES string of the molecule is CCc1cc(Cc2c(O[C@H]3O[C@H](C(=O)O[C@H]4O[C@H](C(=O)O)[C@@H](O)[C@H](O)[C@H]4O)[C@@H](O)[C@H](O)[C@H]3O)cc3oc(-c4cc(O)c(O)c(CCO)c4)cc(=O)c3c2O)c[nH]1. The number of aliphatic hydroxyl groups is 7. The molecule has 12 N–H and O–H groups in total. The van der Waals surface area contributed by atoms with Gasteiger partial charge in [0.2, 0.25) is 12.6 Å². The van der Waals surface area contributed by atoms with Crippen LogP contribution in [-0.4, -0.2) is 141 Å². The Morgan fingerprint density at radius 1 is 0.821 bits per heavy atom. The summed E-state index contributed by atoms with van der Waals surface area (Å²) < 4.78 is 27.4. The maximum atomic E-state index is 13.6. The first-order valence-electron chi connectivity index (χ1n) is 17.2. The van der Waals surface area contributed by atoms with Crippen LogP contribution in [0.15, 0.2) is 45.7 Å². The summed E-state index contributed by atoms with van der Waals surface area (Å²) in [6, 6.07) is 6.40. The minimum absolute atomic E-state index is 0.0618. The molecule has 4 aromatic rings. The van der Waals surface area contributed by atoms with E-state index in [9.17, 15) is 70.6 Å². The van der Waals surface area contributed by atoms with Gasteiger partial charge in [0.05, 0.1) is 0 Å². The van der Waals surface area contributed by atoms with Gasteiger partial charge in [-0.2, -0.15) is 0 Å². The molecule has 0 spiro atoms. The number of ether oxygens (including phenoxy) is 4. The highest BCUT2D eigenvalue weighted by molar-refractivity contribution is 5.88. The third kappa shape index (κ3) is 7.61. The highest BCUT2D eigenvalue weighted by Crippen LogP contribution is 2.41. The molecular formula is C36H39NO19. The predicted octanol–water partition coefficient (Wildman–Crippen LogP) is -1.79. The first-order chi connectivity index (χ1) is 26.5. The Labute approximate surface area is 314 Å². The zero-order valence-corrected chi connectivity index (χ0v) is 29.3. The molecule has 10 atom stereocenters. The molecule has 2 saturated heterocycles. The van der Waals surface area contributed by atoms with Crippen molar-refractivity contribution in [2.24, 2.45) is 0 Å². The quantitative estimate of drug-likeness (QED) is 0.0590. The van der Waals surface area contributed by atoms with Crippen LogP contribution in [0.1, 0.15) is 29.3 Å². The first-order valence-corrected chi connectivity index (χ1v) is 17.2. The smallest absolute Gasteiger partial charge is 0.340 e. The minimum Gasteiger partial charge on any atom is -0.507 e. The number of fused-ring (bicyclic) bond motifs is 1. The number of benzene rings is 2. The molecule has 0 aliphatic carbocycles. The molecule has 4 heterocycles.